The van der Waals surface area contributed by atoms with Crippen LogP contribution >= 0.6 is 0 Å². The Morgan fingerprint density at radius 1 is 1.19 bits per heavy atom. The molecule has 7 heteroatoms. The third kappa shape index (κ3) is 11.0. The van der Waals surface area contributed by atoms with Crippen LogP contribution in [0.25, 0.3) is 0 Å². The fraction of sp³-hybridized carbons (Fsp3) is 0.947. The third-order valence-electron chi connectivity index (χ3n) is 4.42. The molecule has 1 rings (SSSR count). The molecule has 2 atom stereocenters. The van der Waals surface area contributed by atoms with Crippen LogP contribution in [0.15, 0.2) is 4.99 Å². The lowest BCUT2D eigenvalue weighted by Gasteiger charge is -2.35. The Morgan fingerprint density at radius 3 is 2.58 bits per heavy atom. The van der Waals surface area contributed by atoms with Crippen LogP contribution in [0.2, 0.25) is 0 Å². The molecule has 1 heterocycles. The van der Waals surface area contributed by atoms with Crippen LogP contribution in [0.5, 0.6) is 0 Å². The Bertz CT molecular complexity index is 371. The van der Waals surface area contributed by atoms with E-state index in [1.807, 2.05) is 0 Å². The number of aliphatic imine (C=N–C) groups is 1. The van der Waals surface area contributed by atoms with E-state index in [2.05, 4.69) is 48.3 Å². The monoisotopic (exact) mass is 371 g/mol. The Morgan fingerprint density at radius 2 is 1.92 bits per heavy atom. The molecule has 0 aromatic rings. The zero-order valence-electron chi connectivity index (χ0n) is 17.6. The van der Waals surface area contributed by atoms with Gasteiger partial charge in [0.25, 0.3) is 0 Å². The minimum Gasteiger partial charge on any atom is -0.385 e. The van der Waals surface area contributed by atoms with Gasteiger partial charge in [0.15, 0.2) is 5.96 Å². The van der Waals surface area contributed by atoms with Crippen LogP contribution in [0.4, 0.5) is 0 Å². The maximum atomic E-state index is 5.79. The van der Waals surface area contributed by atoms with E-state index in [9.17, 15) is 0 Å². The van der Waals surface area contributed by atoms with E-state index in [0.717, 1.165) is 77.8 Å². The van der Waals surface area contributed by atoms with Crippen molar-refractivity contribution in [1.29, 1.82) is 0 Å². The van der Waals surface area contributed by atoms with Gasteiger partial charge in [0.05, 0.1) is 12.2 Å². The Kier molecular flexibility index (Phi) is 12.6. The van der Waals surface area contributed by atoms with Crippen molar-refractivity contribution in [2.24, 2.45) is 4.99 Å². The quantitative estimate of drug-likeness (QED) is 0.303. The molecule has 1 aliphatic heterocycles. The first kappa shape index (κ1) is 23.1. The SMILES string of the molecule is CCNC(=NCCCN1CC(C)OC(C)C1)NCCN(C)CCCOC. The predicted molar refractivity (Wildman–Crippen MR) is 109 cm³/mol. The van der Waals surface area contributed by atoms with Gasteiger partial charge in [-0.3, -0.25) is 9.89 Å². The molecule has 0 bridgehead atoms. The summed E-state index contributed by atoms with van der Waals surface area (Å²) in [6.07, 6.45) is 2.82. The van der Waals surface area contributed by atoms with E-state index >= 15 is 0 Å². The molecule has 1 saturated heterocycles. The van der Waals surface area contributed by atoms with Gasteiger partial charge in [-0.05, 0) is 40.7 Å². The standard InChI is InChI=1S/C19H41N5O2/c1-6-20-19(22-10-13-23(4)11-8-14-25-5)21-9-7-12-24-15-17(2)26-18(3)16-24/h17-18H,6-16H2,1-5H3,(H2,20,21,22). The Hall–Kier alpha value is -0.890. The van der Waals surface area contributed by atoms with Gasteiger partial charge in [0.1, 0.15) is 0 Å². The number of nitrogens with zero attached hydrogens (tertiary/aromatic N) is 3. The number of hydrogen-bond donors (Lipinski definition) is 2. The van der Waals surface area contributed by atoms with Crippen molar-refractivity contribution < 1.29 is 9.47 Å². The van der Waals surface area contributed by atoms with Crippen LogP contribution in [0, 0.1) is 0 Å². The molecule has 0 aliphatic carbocycles. The van der Waals surface area contributed by atoms with E-state index in [0.29, 0.717) is 12.2 Å². The average molecular weight is 372 g/mol. The molecule has 26 heavy (non-hydrogen) atoms. The predicted octanol–water partition coefficient (Wildman–Crippen LogP) is 1.01. The minimum atomic E-state index is 0.335. The van der Waals surface area contributed by atoms with Crippen molar-refractivity contribution in [3.63, 3.8) is 0 Å². The van der Waals surface area contributed by atoms with Gasteiger partial charge in [-0.25, -0.2) is 0 Å². The fourth-order valence-electron chi connectivity index (χ4n) is 3.25. The molecule has 1 aliphatic rings. The van der Waals surface area contributed by atoms with Crippen molar-refractivity contribution >= 4 is 5.96 Å². The molecular weight excluding hydrogens is 330 g/mol. The molecule has 0 spiro atoms. The number of likely N-dealkylation sites (N-methyl/N-ethyl adjacent to an activating group) is 1. The van der Waals surface area contributed by atoms with Gasteiger partial charge in [-0.1, -0.05) is 0 Å². The molecule has 2 N–H and O–H groups in total. The third-order valence-corrected chi connectivity index (χ3v) is 4.42. The molecular formula is C19H41N5O2. The van der Waals surface area contributed by atoms with Gasteiger partial charge in [-0.2, -0.15) is 0 Å². The summed E-state index contributed by atoms with van der Waals surface area (Å²) in [5, 5.41) is 6.75. The molecule has 2 unspecified atom stereocenters. The van der Waals surface area contributed by atoms with Crippen molar-refractivity contribution in [3.8, 4) is 0 Å². The van der Waals surface area contributed by atoms with Crippen LogP contribution in [0.3, 0.4) is 0 Å². The summed E-state index contributed by atoms with van der Waals surface area (Å²) in [5.74, 6) is 0.918. The van der Waals surface area contributed by atoms with Crippen molar-refractivity contribution in [2.45, 2.75) is 45.8 Å². The molecule has 0 amide bonds. The maximum absolute atomic E-state index is 5.79. The van der Waals surface area contributed by atoms with Crippen molar-refractivity contribution in [1.82, 2.24) is 20.4 Å². The number of rotatable bonds is 12. The van der Waals surface area contributed by atoms with Crippen molar-refractivity contribution in [2.75, 3.05) is 73.1 Å². The first-order valence-electron chi connectivity index (χ1n) is 10.1. The lowest BCUT2D eigenvalue weighted by molar-refractivity contribution is -0.0679. The molecule has 0 radical (unpaired) electrons. The van der Waals surface area contributed by atoms with Crippen LogP contribution in [-0.2, 0) is 9.47 Å². The van der Waals surface area contributed by atoms with Gasteiger partial charge in [0.2, 0.25) is 0 Å². The maximum Gasteiger partial charge on any atom is 0.191 e. The number of methoxy groups -OCH3 is 1. The van der Waals surface area contributed by atoms with E-state index in [4.69, 9.17) is 14.5 Å². The Balaban J connectivity index is 2.21. The summed E-state index contributed by atoms with van der Waals surface area (Å²) < 4.78 is 10.9. The topological polar surface area (TPSA) is 61.4 Å². The van der Waals surface area contributed by atoms with E-state index in [1.54, 1.807) is 7.11 Å². The second kappa shape index (κ2) is 14.2. The molecule has 0 aromatic carbocycles. The zero-order chi connectivity index (χ0) is 19.2. The summed E-state index contributed by atoms with van der Waals surface area (Å²) in [6, 6.07) is 0. The zero-order valence-corrected chi connectivity index (χ0v) is 17.6. The van der Waals surface area contributed by atoms with E-state index in [1.165, 1.54) is 0 Å². The van der Waals surface area contributed by atoms with Gasteiger partial charge in [-0.15, -0.1) is 0 Å². The van der Waals surface area contributed by atoms with Crippen LogP contribution < -0.4 is 10.6 Å². The first-order valence-corrected chi connectivity index (χ1v) is 10.1. The first-order chi connectivity index (χ1) is 12.5. The lowest BCUT2D eigenvalue weighted by Crippen LogP contribution is -2.45. The largest absolute Gasteiger partial charge is 0.385 e. The number of guanidine groups is 1. The summed E-state index contributed by atoms with van der Waals surface area (Å²) in [7, 11) is 3.90. The van der Waals surface area contributed by atoms with Crippen LogP contribution in [0.1, 0.15) is 33.6 Å². The highest BCUT2D eigenvalue weighted by Gasteiger charge is 2.21. The number of nitrogens with one attached hydrogen (secondary N) is 2. The number of ether oxygens (including phenoxy) is 2. The number of hydrogen-bond acceptors (Lipinski definition) is 5. The van der Waals surface area contributed by atoms with Gasteiger partial charge >= 0.3 is 0 Å². The fourth-order valence-corrected chi connectivity index (χ4v) is 3.25. The molecule has 0 saturated carbocycles. The average Bonchev–Trinajstić information content (AvgIpc) is 2.58. The van der Waals surface area contributed by atoms with Gasteiger partial charge in [0, 0.05) is 66.1 Å². The highest BCUT2D eigenvalue weighted by atomic mass is 16.5. The Labute approximate surface area is 160 Å². The molecule has 7 nitrogen and oxygen atoms in total. The van der Waals surface area contributed by atoms with E-state index < -0.39 is 0 Å². The summed E-state index contributed by atoms with van der Waals surface area (Å²) in [6.45, 7) is 15.1. The minimum absolute atomic E-state index is 0.335. The molecule has 1 fully saturated rings. The second-order valence-corrected chi connectivity index (χ2v) is 7.21. The smallest absolute Gasteiger partial charge is 0.191 e. The van der Waals surface area contributed by atoms with E-state index in [-0.39, 0.29) is 0 Å². The summed E-state index contributed by atoms with van der Waals surface area (Å²) >= 11 is 0. The lowest BCUT2D eigenvalue weighted by atomic mass is 10.2. The van der Waals surface area contributed by atoms with Crippen LogP contribution in [-0.4, -0.2) is 101 Å². The number of morpholine rings is 1. The highest BCUT2D eigenvalue weighted by Crippen LogP contribution is 2.10. The van der Waals surface area contributed by atoms with Gasteiger partial charge < -0.3 is 25.0 Å². The second-order valence-electron chi connectivity index (χ2n) is 7.21. The summed E-state index contributed by atoms with van der Waals surface area (Å²) in [5.41, 5.74) is 0. The summed E-state index contributed by atoms with van der Waals surface area (Å²) in [4.78, 5) is 9.51. The highest BCUT2D eigenvalue weighted by molar-refractivity contribution is 5.79. The molecule has 154 valence electrons. The molecule has 0 aromatic heterocycles. The van der Waals surface area contributed by atoms with Crippen molar-refractivity contribution in [3.05, 3.63) is 0 Å². The normalized spacial score (nSPS) is 22.0.